The quantitative estimate of drug-likeness (QED) is 0.885. The Hall–Kier alpha value is -1.35. The van der Waals surface area contributed by atoms with E-state index >= 15 is 0 Å². The fourth-order valence-electron chi connectivity index (χ4n) is 3.29. The largest absolute Gasteiger partial charge is 0.495 e. The standard InChI is InChI=1S/C16H22N2O/c1-11-16(19-2)9-14(10-18-11)13-6-5-12-4-3-7-17-15(12)8-13/h6,9-10,12,15,17H,3-5,7-8H2,1-2H3/t12-,15+/m1/s1. The molecule has 1 fully saturated rings. The van der Waals surface area contributed by atoms with Crippen LogP contribution in [0.2, 0.25) is 0 Å². The maximum atomic E-state index is 5.38. The molecule has 2 heterocycles. The summed E-state index contributed by atoms with van der Waals surface area (Å²) in [4.78, 5) is 4.44. The molecule has 102 valence electrons. The zero-order chi connectivity index (χ0) is 13.2. The normalized spacial score (nSPS) is 26.5. The van der Waals surface area contributed by atoms with Crippen molar-refractivity contribution in [3.05, 3.63) is 29.6 Å². The third kappa shape index (κ3) is 2.52. The van der Waals surface area contributed by atoms with E-state index in [4.69, 9.17) is 4.74 Å². The third-order valence-electron chi connectivity index (χ3n) is 4.47. The van der Waals surface area contributed by atoms with Gasteiger partial charge in [0.15, 0.2) is 0 Å². The number of ether oxygens (including phenoxy) is 1. The first-order valence-electron chi connectivity index (χ1n) is 7.21. The highest BCUT2D eigenvalue weighted by Crippen LogP contribution is 2.35. The predicted molar refractivity (Wildman–Crippen MR) is 77.3 cm³/mol. The van der Waals surface area contributed by atoms with Gasteiger partial charge in [0.25, 0.3) is 0 Å². The van der Waals surface area contributed by atoms with Gasteiger partial charge in [-0.2, -0.15) is 0 Å². The lowest BCUT2D eigenvalue weighted by Crippen LogP contribution is -2.42. The molecule has 1 N–H and O–H groups in total. The number of aryl methyl sites for hydroxylation is 1. The highest BCUT2D eigenvalue weighted by atomic mass is 16.5. The van der Waals surface area contributed by atoms with Crippen molar-refractivity contribution in [1.29, 1.82) is 0 Å². The highest BCUT2D eigenvalue weighted by Gasteiger charge is 2.28. The molecule has 0 radical (unpaired) electrons. The number of aromatic nitrogens is 1. The lowest BCUT2D eigenvalue weighted by atomic mass is 9.78. The molecule has 0 unspecified atom stereocenters. The molecule has 3 rings (SSSR count). The van der Waals surface area contributed by atoms with Gasteiger partial charge < -0.3 is 10.1 Å². The zero-order valence-electron chi connectivity index (χ0n) is 11.8. The summed E-state index contributed by atoms with van der Waals surface area (Å²) in [5, 5.41) is 3.67. The zero-order valence-corrected chi connectivity index (χ0v) is 11.8. The Morgan fingerprint density at radius 2 is 2.32 bits per heavy atom. The van der Waals surface area contributed by atoms with Gasteiger partial charge in [-0.3, -0.25) is 4.98 Å². The van der Waals surface area contributed by atoms with Crippen molar-refractivity contribution in [2.75, 3.05) is 13.7 Å². The summed E-state index contributed by atoms with van der Waals surface area (Å²) in [6.45, 7) is 3.15. The van der Waals surface area contributed by atoms with E-state index in [1.54, 1.807) is 7.11 Å². The molecule has 1 aliphatic heterocycles. The van der Waals surface area contributed by atoms with Crippen molar-refractivity contribution >= 4 is 5.57 Å². The Morgan fingerprint density at radius 3 is 3.16 bits per heavy atom. The summed E-state index contributed by atoms with van der Waals surface area (Å²) in [7, 11) is 1.71. The smallest absolute Gasteiger partial charge is 0.140 e. The number of fused-ring (bicyclic) bond motifs is 1. The highest BCUT2D eigenvalue weighted by molar-refractivity contribution is 5.67. The van der Waals surface area contributed by atoms with Gasteiger partial charge in [0.2, 0.25) is 0 Å². The van der Waals surface area contributed by atoms with Crippen molar-refractivity contribution in [3.63, 3.8) is 0 Å². The number of hydrogen-bond acceptors (Lipinski definition) is 3. The Bertz CT molecular complexity index is 496. The summed E-state index contributed by atoms with van der Waals surface area (Å²) in [6.07, 6.45) is 9.40. The molecular formula is C16H22N2O. The second kappa shape index (κ2) is 5.33. The van der Waals surface area contributed by atoms with Crippen LogP contribution >= 0.6 is 0 Å². The number of rotatable bonds is 2. The van der Waals surface area contributed by atoms with Crippen LogP contribution in [0.5, 0.6) is 5.75 Å². The monoisotopic (exact) mass is 258 g/mol. The summed E-state index contributed by atoms with van der Waals surface area (Å²) < 4.78 is 5.38. The summed E-state index contributed by atoms with van der Waals surface area (Å²) >= 11 is 0. The summed E-state index contributed by atoms with van der Waals surface area (Å²) in [5.74, 6) is 1.72. The van der Waals surface area contributed by atoms with Crippen molar-refractivity contribution in [2.24, 2.45) is 5.92 Å². The van der Waals surface area contributed by atoms with Crippen LogP contribution in [0.1, 0.15) is 36.9 Å². The fourth-order valence-corrected chi connectivity index (χ4v) is 3.29. The Balaban J connectivity index is 1.84. The molecule has 19 heavy (non-hydrogen) atoms. The second-order valence-corrected chi connectivity index (χ2v) is 5.64. The fraction of sp³-hybridized carbons (Fsp3) is 0.562. The molecule has 0 saturated carbocycles. The van der Waals surface area contributed by atoms with E-state index in [9.17, 15) is 0 Å². The topological polar surface area (TPSA) is 34.1 Å². The molecule has 3 nitrogen and oxygen atoms in total. The Morgan fingerprint density at radius 1 is 1.42 bits per heavy atom. The number of methoxy groups -OCH3 is 1. The average Bonchev–Trinajstić information content (AvgIpc) is 2.47. The van der Waals surface area contributed by atoms with Gasteiger partial charge in [-0.05, 0) is 62.3 Å². The van der Waals surface area contributed by atoms with Gasteiger partial charge in [0.05, 0.1) is 12.8 Å². The summed E-state index contributed by atoms with van der Waals surface area (Å²) in [5.41, 5.74) is 3.59. The van der Waals surface area contributed by atoms with Gasteiger partial charge in [-0.1, -0.05) is 6.08 Å². The second-order valence-electron chi connectivity index (χ2n) is 5.64. The van der Waals surface area contributed by atoms with E-state index in [1.807, 2.05) is 13.1 Å². The molecule has 1 saturated heterocycles. The minimum atomic E-state index is 0.654. The van der Waals surface area contributed by atoms with Gasteiger partial charge in [-0.15, -0.1) is 0 Å². The minimum Gasteiger partial charge on any atom is -0.495 e. The van der Waals surface area contributed by atoms with Crippen molar-refractivity contribution in [1.82, 2.24) is 10.3 Å². The first-order valence-corrected chi connectivity index (χ1v) is 7.21. The average molecular weight is 258 g/mol. The lowest BCUT2D eigenvalue weighted by Gasteiger charge is -2.36. The van der Waals surface area contributed by atoms with E-state index in [1.165, 1.54) is 36.9 Å². The molecule has 0 amide bonds. The van der Waals surface area contributed by atoms with Gasteiger partial charge in [-0.25, -0.2) is 0 Å². The van der Waals surface area contributed by atoms with Crippen LogP contribution < -0.4 is 10.1 Å². The first kappa shape index (κ1) is 12.7. The van der Waals surface area contributed by atoms with Crippen LogP contribution in [0, 0.1) is 12.8 Å². The van der Waals surface area contributed by atoms with Crippen LogP contribution in [-0.2, 0) is 0 Å². The Labute approximate surface area is 115 Å². The molecule has 2 aliphatic rings. The number of nitrogens with one attached hydrogen (secondary N) is 1. The van der Waals surface area contributed by atoms with E-state index < -0.39 is 0 Å². The van der Waals surface area contributed by atoms with Crippen molar-refractivity contribution in [2.45, 2.75) is 38.6 Å². The lowest BCUT2D eigenvalue weighted by molar-refractivity contribution is 0.278. The molecule has 1 aromatic rings. The number of pyridine rings is 1. The van der Waals surface area contributed by atoms with E-state index in [0.29, 0.717) is 6.04 Å². The Kier molecular flexibility index (Phi) is 3.56. The molecule has 1 aromatic heterocycles. The van der Waals surface area contributed by atoms with Crippen LogP contribution in [0.4, 0.5) is 0 Å². The third-order valence-corrected chi connectivity index (χ3v) is 4.47. The van der Waals surface area contributed by atoms with E-state index in [-0.39, 0.29) is 0 Å². The van der Waals surface area contributed by atoms with Gasteiger partial charge in [0.1, 0.15) is 5.75 Å². The van der Waals surface area contributed by atoms with E-state index in [0.717, 1.165) is 23.8 Å². The molecule has 0 aromatic carbocycles. The van der Waals surface area contributed by atoms with E-state index in [2.05, 4.69) is 22.4 Å². The molecule has 2 atom stereocenters. The van der Waals surface area contributed by atoms with Crippen molar-refractivity contribution in [3.8, 4) is 5.75 Å². The number of nitrogens with zero attached hydrogens (tertiary/aromatic N) is 1. The first-order chi connectivity index (χ1) is 9.28. The molecule has 0 bridgehead atoms. The van der Waals surface area contributed by atoms with Crippen molar-refractivity contribution < 1.29 is 4.74 Å². The van der Waals surface area contributed by atoms with Gasteiger partial charge in [0, 0.05) is 12.2 Å². The molecule has 0 spiro atoms. The summed E-state index contributed by atoms with van der Waals surface area (Å²) in [6, 6.07) is 2.78. The van der Waals surface area contributed by atoms with Crippen LogP contribution in [-0.4, -0.2) is 24.7 Å². The number of hydrogen-bond donors (Lipinski definition) is 1. The number of allylic oxidation sites excluding steroid dienone is 1. The SMILES string of the molecule is COc1cc(C2=CC[C@H]3CCCN[C@H]3C2)cnc1C. The molecular weight excluding hydrogens is 236 g/mol. The minimum absolute atomic E-state index is 0.654. The maximum absolute atomic E-state index is 5.38. The maximum Gasteiger partial charge on any atom is 0.140 e. The molecule has 3 heteroatoms. The van der Waals surface area contributed by atoms with Gasteiger partial charge >= 0.3 is 0 Å². The number of piperidine rings is 1. The van der Waals surface area contributed by atoms with Crippen LogP contribution in [0.25, 0.3) is 5.57 Å². The van der Waals surface area contributed by atoms with Crippen LogP contribution in [0.15, 0.2) is 18.3 Å². The van der Waals surface area contributed by atoms with Crippen LogP contribution in [0.3, 0.4) is 0 Å². The molecule has 1 aliphatic carbocycles. The predicted octanol–water partition coefficient (Wildman–Crippen LogP) is 2.94.